The standard InChI is InChI=1S/C36H31N3O4S3/c1-3-43-35(42)31-30(25-11-6-4-7-12-25)22-45-34(31)39-33(41)32(26-13-8-5-9-14-26)46-29-16-10-15-28(21-29)38-36(44)37-27-19-17-24(18-20-27)23(2)40/h4-22,32H,3H2,1-2H3,(H,39,41)(H2,37,38,44). The van der Waals surface area contributed by atoms with Crippen LogP contribution in [0.5, 0.6) is 0 Å². The lowest BCUT2D eigenvalue weighted by molar-refractivity contribution is -0.115. The average Bonchev–Trinajstić information content (AvgIpc) is 3.48. The van der Waals surface area contributed by atoms with Crippen molar-refractivity contribution >= 4 is 74.5 Å². The van der Waals surface area contributed by atoms with Crippen LogP contribution in [-0.4, -0.2) is 29.4 Å². The molecule has 0 saturated heterocycles. The minimum Gasteiger partial charge on any atom is -0.462 e. The normalized spacial score (nSPS) is 11.3. The molecule has 4 aromatic carbocycles. The maximum atomic E-state index is 14.0. The number of ketones is 1. The highest BCUT2D eigenvalue weighted by atomic mass is 32.2. The highest BCUT2D eigenvalue weighted by Gasteiger charge is 2.27. The summed E-state index contributed by atoms with van der Waals surface area (Å²) in [4.78, 5) is 39.5. The van der Waals surface area contributed by atoms with Crippen LogP contribution in [0.1, 0.15) is 45.4 Å². The Morgan fingerprint density at radius 1 is 0.826 bits per heavy atom. The van der Waals surface area contributed by atoms with Crippen molar-refractivity contribution < 1.29 is 19.1 Å². The van der Waals surface area contributed by atoms with Crippen molar-refractivity contribution in [1.82, 2.24) is 0 Å². The Bertz CT molecular complexity index is 1840. The van der Waals surface area contributed by atoms with E-state index in [-0.39, 0.29) is 18.3 Å². The first-order valence-electron chi connectivity index (χ1n) is 14.5. The predicted octanol–water partition coefficient (Wildman–Crippen LogP) is 9.08. The van der Waals surface area contributed by atoms with E-state index < -0.39 is 11.2 Å². The Labute approximate surface area is 281 Å². The number of amides is 1. The first-order chi connectivity index (χ1) is 22.3. The van der Waals surface area contributed by atoms with Crippen LogP contribution in [-0.2, 0) is 9.53 Å². The van der Waals surface area contributed by atoms with Crippen molar-refractivity contribution in [2.75, 3.05) is 22.6 Å². The van der Waals surface area contributed by atoms with E-state index in [1.165, 1.54) is 30.0 Å². The van der Waals surface area contributed by atoms with Crippen molar-refractivity contribution in [2.24, 2.45) is 0 Å². The first-order valence-corrected chi connectivity index (χ1v) is 16.6. The molecule has 0 fully saturated rings. The number of carbonyl (C=O) groups is 3. The number of thiocarbonyl (C=S) groups is 1. The largest absolute Gasteiger partial charge is 0.462 e. The number of hydrogen-bond acceptors (Lipinski definition) is 7. The molecule has 1 heterocycles. The number of Topliss-reactive ketones (excluding diaryl/α,β-unsaturated/α-hetero) is 1. The average molecular weight is 666 g/mol. The summed E-state index contributed by atoms with van der Waals surface area (Å²) in [5.74, 6) is -0.761. The van der Waals surface area contributed by atoms with Gasteiger partial charge in [-0.25, -0.2) is 4.79 Å². The van der Waals surface area contributed by atoms with Crippen LogP contribution in [0.3, 0.4) is 0 Å². The molecule has 0 radical (unpaired) electrons. The summed E-state index contributed by atoms with van der Waals surface area (Å²) in [6.45, 7) is 3.50. The van der Waals surface area contributed by atoms with Crippen LogP contribution in [0.15, 0.2) is 119 Å². The summed E-state index contributed by atoms with van der Waals surface area (Å²) in [5.41, 5.74) is 4.84. The summed E-state index contributed by atoms with van der Waals surface area (Å²) >= 11 is 8.20. The fourth-order valence-corrected chi connectivity index (χ4v) is 6.91. The lowest BCUT2D eigenvalue weighted by atomic mass is 10.0. The van der Waals surface area contributed by atoms with Gasteiger partial charge in [0.25, 0.3) is 0 Å². The van der Waals surface area contributed by atoms with Gasteiger partial charge in [-0.3, -0.25) is 9.59 Å². The molecule has 1 aromatic heterocycles. The SMILES string of the molecule is CCOC(=O)c1c(-c2ccccc2)csc1NC(=O)C(Sc1cccc(NC(=S)Nc2ccc(C(C)=O)cc2)c1)c1ccccc1. The maximum Gasteiger partial charge on any atom is 0.341 e. The van der Waals surface area contributed by atoms with Gasteiger partial charge in [0.1, 0.15) is 15.8 Å². The van der Waals surface area contributed by atoms with Crippen molar-refractivity contribution in [2.45, 2.75) is 24.0 Å². The molecule has 0 aliphatic heterocycles. The molecule has 0 aliphatic carbocycles. The molecule has 5 rings (SSSR count). The second-order valence-corrected chi connectivity index (χ2v) is 12.5. The highest BCUT2D eigenvalue weighted by Crippen LogP contribution is 2.40. The van der Waals surface area contributed by atoms with Gasteiger partial charge in [-0.1, -0.05) is 66.7 Å². The maximum absolute atomic E-state index is 14.0. The van der Waals surface area contributed by atoms with Crippen LogP contribution in [0.4, 0.5) is 16.4 Å². The van der Waals surface area contributed by atoms with Gasteiger partial charge in [0, 0.05) is 32.8 Å². The molecule has 1 amide bonds. The molecule has 5 aromatic rings. The van der Waals surface area contributed by atoms with Crippen LogP contribution >= 0.6 is 35.3 Å². The van der Waals surface area contributed by atoms with E-state index >= 15 is 0 Å². The van der Waals surface area contributed by atoms with Gasteiger partial charge in [-0.15, -0.1) is 23.1 Å². The zero-order chi connectivity index (χ0) is 32.5. The zero-order valence-corrected chi connectivity index (χ0v) is 27.6. The van der Waals surface area contributed by atoms with Gasteiger partial charge in [0.2, 0.25) is 5.91 Å². The molecular weight excluding hydrogens is 635 g/mol. The van der Waals surface area contributed by atoms with Crippen LogP contribution in [0, 0.1) is 0 Å². The van der Waals surface area contributed by atoms with E-state index in [4.69, 9.17) is 17.0 Å². The molecular formula is C36H31N3O4S3. The first kappa shape index (κ1) is 32.6. The minimum absolute atomic E-state index is 0.00387. The second kappa shape index (κ2) is 15.5. The third-order valence-corrected chi connectivity index (χ3v) is 9.18. The Balaban J connectivity index is 1.36. The molecule has 0 saturated carbocycles. The summed E-state index contributed by atoms with van der Waals surface area (Å²) < 4.78 is 5.38. The van der Waals surface area contributed by atoms with Crippen LogP contribution in [0.2, 0.25) is 0 Å². The van der Waals surface area contributed by atoms with Gasteiger partial charge in [0.05, 0.1) is 6.61 Å². The lowest BCUT2D eigenvalue weighted by Crippen LogP contribution is -2.20. The molecule has 3 N–H and O–H groups in total. The lowest BCUT2D eigenvalue weighted by Gasteiger charge is -2.18. The molecule has 46 heavy (non-hydrogen) atoms. The summed E-state index contributed by atoms with van der Waals surface area (Å²) in [5, 5.41) is 11.4. The third kappa shape index (κ3) is 8.28. The summed E-state index contributed by atoms with van der Waals surface area (Å²) in [6, 6.07) is 33.8. The van der Waals surface area contributed by atoms with Crippen LogP contribution in [0.25, 0.3) is 11.1 Å². The number of esters is 1. The Kier molecular flexibility index (Phi) is 11.0. The zero-order valence-electron chi connectivity index (χ0n) is 25.1. The minimum atomic E-state index is -0.626. The number of carbonyl (C=O) groups excluding carboxylic acids is 3. The summed E-state index contributed by atoms with van der Waals surface area (Å²) in [6.07, 6.45) is 0. The quantitative estimate of drug-likeness (QED) is 0.0557. The predicted molar refractivity (Wildman–Crippen MR) is 192 cm³/mol. The monoisotopic (exact) mass is 665 g/mol. The number of hydrogen-bond donors (Lipinski definition) is 3. The smallest absolute Gasteiger partial charge is 0.341 e. The van der Waals surface area contributed by atoms with E-state index in [2.05, 4.69) is 16.0 Å². The van der Waals surface area contributed by atoms with Crippen molar-refractivity contribution in [3.8, 4) is 11.1 Å². The molecule has 0 bridgehead atoms. The van der Waals surface area contributed by atoms with Crippen molar-refractivity contribution in [1.29, 1.82) is 0 Å². The number of benzene rings is 4. The van der Waals surface area contributed by atoms with Crippen LogP contribution < -0.4 is 16.0 Å². The molecule has 1 unspecified atom stereocenters. The molecule has 7 nitrogen and oxygen atoms in total. The molecule has 1 atom stereocenters. The number of thiophene rings is 1. The number of thioether (sulfide) groups is 1. The van der Waals surface area contributed by atoms with Crippen molar-refractivity contribution in [3.05, 3.63) is 131 Å². The van der Waals surface area contributed by atoms with E-state index in [0.717, 1.165) is 27.4 Å². The second-order valence-electron chi connectivity index (χ2n) is 10.1. The Morgan fingerprint density at radius 2 is 1.50 bits per heavy atom. The number of rotatable bonds is 11. The fourth-order valence-electron chi connectivity index (χ4n) is 4.63. The number of ether oxygens (including phenoxy) is 1. The third-order valence-electron chi connectivity index (χ3n) is 6.83. The Hall–Kier alpha value is -4.77. The van der Waals surface area contributed by atoms with Gasteiger partial charge >= 0.3 is 5.97 Å². The van der Waals surface area contributed by atoms with E-state index in [0.29, 0.717) is 26.8 Å². The van der Waals surface area contributed by atoms with Gasteiger partial charge in [-0.05, 0) is 79.7 Å². The number of nitrogens with one attached hydrogen (secondary N) is 3. The molecule has 0 spiro atoms. The molecule has 232 valence electrons. The van der Waals surface area contributed by atoms with Gasteiger partial charge < -0.3 is 20.7 Å². The molecule has 10 heteroatoms. The Morgan fingerprint density at radius 3 is 2.17 bits per heavy atom. The topological polar surface area (TPSA) is 96.5 Å². The number of anilines is 3. The van der Waals surface area contributed by atoms with Gasteiger partial charge in [0.15, 0.2) is 10.9 Å². The van der Waals surface area contributed by atoms with E-state index in [9.17, 15) is 14.4 Å². The van der Waals surface area contributed by atoms with E-state index in [1.807, 2.05) is 90.3 Å². The fraction of sp³-hybridized carbons (Fsp3) is 0.111. The molecule has 0 aliphatic rings. The van der Waals surface area contributed by atoms with Crippen molar-refractivity contribution in [3.63, 3.8) is 0 Å². The summed E-state index contributed by atoms with van der Waals surface area (Å²) in [7, 11) is 0. The van der Waals surface area contributed by atoms with Gasteiger partial charge in [-0.2, -0.15) is 0 Å². The highest BCUT2D eigenvalue weighted by molar-refractivity contribution is 8.00. The van der Waals surface area contributed by atoms with E-state index in [1.54, 1.807) is 31.2 Å².